The Balaban J connectivity index is 1.41. The van der Waals surface area contributed by atoms with E-state index < -0.39 is 32.8 Å². The van der Waals surface area contributed by atoms with Crippen LogP contribution in [-0.4, -0.2) is 80.1 Å². The quantitative estimate of drug-likeness (QED) is 0.430. The predicted octanol–water partition coefficient (Wildman–Crippen LogP) is 2.04. The average Bonchev–Trinajstić information content (AvgIpc) is 3.07. The Bertz CT molecular complexity index is 1010. The Labute approximate surface area is 195 Å². The zero-order chi connectivity index (χ0) is 23.9. The van der Waals surface area contributed by atoms with Gasteiger partial charge in [0.05, 0.1) is 24.4 Å². The predicted molar refractivity (Wildman–Crippen MR) is 124 cm³/mol. The fraction of sp³-hybridized carbons (Fsp3) is 0.625. The van der Waals surface area contributed by atoms with Gasteiger partial charge in [-0.3, -0.25) is 14.2 Å². The molecule has 2 saturated carbocycles. The van der Waals surface area contributed by atoms with Crippen LogP contribution in [0.4, 0.5) is 0 Å². The number of hydrogen-bond acceptors (Lipinski definition) is 7. The van der Waals surface area contributed by atoms with Crippen molar-refractivity contribution in [1.29, 1.82) is 0 Å². The van der Waals surface area contributed by atoms with Crippen LogP contribution in [0.5, 0.6) is 5.75 Å². The third-order valence-corrected chi connectivity index (χ3v) is 8.54. The van der Waals surface area contributed by atoms with Crippen molar-refractivity contribution in [3.8, 4) is 5.75 Å². The normalized spacial score (nSPS) is 29.5. The lowest BCUT2D eigenvalue weighted by atomic mass is 9.70. The molecule has 3 fully saturated rings. The molecule has 1 aromatic carbocycles. The SMILES string of the molecule is CC1(C)C2CCC1(CS(=O)(=O)O)C(=O)C2=Cc1ccc(OCC(O)CN2CCOCC2)cc1. The molecule has 1 heterocycles. The van der Waals surface area contributed by atoms with Crippen molar-refractivity contribution in [3.63, 3.8) is 0 Å². The number of fused-ring (bicyclic) bond motifs is 2. The number of allylic oxidation sites excluding steroid dienone is 1. The zero-order valence-corrected chi connectivity index (χ0v) is 20.0. The monoisotopic (exact) mass is 479 g/mol. The molecule has 1 aliphatic heterocycles. The largest absolute Gasteiger partial charge is 0.491 e. The number of ketones is 1. The minimum Gasteiger partial charge on any atom is -0.491 e. The van der Waals surface area contributed by atoms with Gasteiger partial charge in [-0.15, -0.1) is 0 Å². The maximum atomic E-state index is 13.3. The Morgan fingerprint density at radius 1 is 1.24 bits per heavy atom. The maximum Gasteiger partial charge on any atom is 0.265 e. The first-order valence-corrected chi connectivity index (χ1v) is 13.1. The van der Waals surface area contributed by atoms with Gasteiger partial charge in [0.1, 0.15) is 18.5 Å². The van der Waals surface area contributed by atoms with Crippen LogP contribution >= 0.6 is 0 Å². The standard InChI is InChI=1S/C24H33NO7S/c1-23(2)21-7-8-24(23,16-33(28,29)30)22(27)20(21)13-17-3-5-19(6-4-17)32-15-18(26)14-25-9-11-31-12-10-25/h3-6,13,18,21,26H,7-12,14-16H2,1-2H3,(H,28,29,30). The van der Waals surface area contributed by atoms with Gasteiger partial charge in [-0.05, 0) is 47.9 Å². The first-order valence-electron chi connectivity index (χ1n) is 11.4. The highest BCUT2D eigenvalue weighted by atomic mass is 32.2. The molecule has 9 heteroatoms. The van der Waals surface area contributed by atoms with E-state index in [-0.39, 0.29) is 18.3 Å². The van der Waals surface area contributed by atoms with Gasteiger partial charge in [0.25, 0.3) is 10.1 Å². The highest BCUT2D eigenvalue weighted by Crippen LogP contribution is 2.66. The topological polar surface area (TPSA) is 113 Å². The van der Waals surface area contributed by atoms with Crippen molar-refractivity contribution in [2.45, 2.75) is 32.8 Å². The van der Waals surface area contributed by atoms with Crippen LogP contribution in [-0.2, 0) is 19.6 Å². The molecule has 0 amide bonds. The number of aliphatic hydroxyl groups excluding tert-OH is 1. The lowest BCUT2D eigenvalue weighted by molar-refractivity contribution is -0.125. The Hall–Kier alpha value is -1.78. The van der Waals surface area contributed by atoms with Gasteiger partial charge in [-0.25, -0.2) is 0 Å². The van der Waals surface area contributed by atoms with Crippen LogP contribution < -0.4 is 4.74 Å². The number of carbonyl (C=O) groups is 1. The van der Waals surface area contributed by atoms with Gasteiger partial charge in [0.2, 0.25) is 0 Å². The summed E-state index contributed by atoms with van der Waals surface area (Å²) in [6.07, 6.45) is 2.43. The molecule has 0 spiro atoms. The second kappa shape index (κ2) is 9.11. The van der Waals surface area contributed by atoms with Crippen LogP contribution in [0.25, 0.3) is 6.08 Å². The summed E-state index contributed by atoms with van der Waals surface area (Å²) < 4.78 is 43.9. The minimum absolute atomic E-state index is 0.0435. The zero-order valence-electron chi connectivity index (χ0n) is 19.2. The van der Waals surface area contributed by atoms with Crippen molar-refractivity contribution in [3.05, 3.63) is 35.4 Å². The van der Waals surface area contributed by atoms with Gasteiger partial charge in [-0.1, -0.05) is 26.0 Å². The number of rotatable bonds is 8. The minimum atomic E-state index is -4.27. The van der Waals surface area contributed by atoms with Gasteiger partial charge in [0, 0.05) is 25.2 Å². The third-order valence-electron chi connectivity index (χ3n) is 7.68. The number of β-amino-alcohol motifs (C(OH)–C–C–N with tert-alkyl or cyclic N) is 1. The number of benzene rings is 1. The van der Waals surface area contributed by atoms with Crippen molar-refractivity contribution in [2.75, 3.05) is 45.2 Å². The summed E-state index contributed by atoms with van der Waals surface area (Å²) in [4.78, 5) is 15.4. The molecular weight excluding hydrogens is 446 g/mol. The van der Waals surface area contributed by atoms with Crippen LogP contribution in [0.2, 0.25) is 0 Å². The molecule has 0 aromatic heterocycles. The molecule has 3 aliphatic rings. The summed E-state index contributed by atoms with van der Waals surface area (Å²) in [6, 6.07) is 7.28. The van der Waals surface area contributed by atoms with Crippen LogP contribution in [0.15, 0.2) is 29.8 Å². The Morgan fingerprint density at radius 3 is 2.55 bits per heavy atom. The van der Waals surface area contributed by atoms with E-state index in [1.807, 2.05) is 32.1 Å². The fourth-order valence-corrected chi connectivity index (χ4v) is 7.03. The summed E-state index contributed by atoms with van der Waals surface area (Å²) in [7, 11) is -4.27. The molecule has 0 radical (unpaired) electrons. The van der Waals surface area contributed by atoms with E-state index in [0.717, 1.165) is 25.1 Å². The molecule has 182 valence electrons. The molecule has 1 saturated heterocycles. The van der Waals surface area contributed by atoms with E-state index >= 15 is 0 Å². The second-order valence-electron chi connectivity index (χ2n) is 10.00. The number of nitrogens with zero attached hydrogens (tertiary/aromatic N) is 1. The van der Waals surface area contributed by atoms with E-state index in [2.05, 4.69) is 4.90 Å². The number of carbonyl (C=O) groups excluding carboxylic acids is 1. The molecule has 4 rings (SSSR count). The highest BCUT2D eigenvalue weighted by Gasteiger charge is 2.67. The first kappa shape index (κ1) is 24.3. The number of morpholine rings is 1. The number of aliphatic hydroxyl groups is 1. The van der Waals surface area contributed by atoms with Gasteiger partial charge in [-0.2, -0.15) is 8.42 Å². The maximum absolute atomic E-state index is 13.3. The molecule has 1 aromatic rings. The molecule has 2 aliphatic carbocycles. The first-order chi connectivity index (χ1) is 15.5. The Kier molecular flexibility index (Phi) is 6.72. The Morgan fingerprint density at radius 2 is 1.91 bits per heavy atom. The van der Waals surface area contributed by atoms with Crippen molar-refractivity contribution in [1.82, 2.24) is 4.90 Å². The summed E-state index contributed by atoms with van der Waals surface area (Å²) in [5.74, 6) is -0.120. The average molecular weight is 480 g/mol. The summed E-state index contributed by atoms with van der Waals surface area (Å²) >= 11 is 0. The second-order valence-corrected chi connectivity index (χ2v) is 11.4. The molecule has 3 atom stereocenters. The fourth-order valence-electron chi connectivity index (χ4n) is 5.76. The molecule has 3 unspecified atom stereocenters. The molecule has 8 nitrogen and oxygen atoms in total. The van der Waals surface area contributed by atoms with Crippen molar-refractivity contribution in [2.24, 2.45) is 16.7 Å². The van der Waals surface area contributed by atoms with Gasteiger partial charge in [0.15, 0.2) is 5.78 Å². The number of Topliss-reactive ketones (excluding diaryl/α,β-unsaturated/α-hetero) is 1. The van der Waals surface area contributed by atoms with Crippen molar-refractivity contribution >= 4 is 22.0 Å². The van der Waals surface area contributed by atoms with E-state index in [0.29, 0.717) is 37.5 Å². The highest BCUT2D eigenvalue weighted by molar-refractivity contribution is 7.85. The van der Waals surface area contributed by atoms with E-state index in [1.54, 1.807) is 12.1 Å². The number of hydrogen-bond donors (Lipinski definition) is 2. The van der Waals surface area contributed by atoms with Crippen LogP contribution in [0.1, 0.15) is 32.3 Å². The van der Waals surface area contributed by atoms with Crippen LogP contribution in [0, 0.1) is 16.7 Å². The lowest BCUT2D eigenvalue weighted by Crippen LogP contribution is -2.42. The summed E-state index contributed by atoms with van der Waals surface area (Å²) in [5, 5.41) is 10.2. The van der Waals surface area contributed by atoms with E-state index in [4.69, 9.17) is 9.47 Å². The summed E-state index contributed by atoms with van der Waals surface area (Å²) in [5.41, 5.74) is -0.156. The van der Waals surface area contributed by atoms with Gasteiger partial charge >= 0.3 is 0 Å². The smallest absolute Gasteiger partial charge is 0.265 e. The molecule has 33 heavy (non-hydrogen) atoms. The summed E-state index contributed by atoms with van der Waals surface area (Å²) in [6.45, 7) is 7.55. The van der Waals surface area contributed by atoms with Crippen molar-refractivity contribution < 1.29 is 32.3 Å². The van der Waals surface area contributed by atoms with Gasteiger partial charge < -0.3 is 14.6 Å². The lowest BCUT2D eigenvalue weighted by Gasteiger charge is -2.34. The van der Waals surface area contributed by atoms with E-state index in [1.165, 1.54) is 0 Å². The third kappa shape index (κ3) is 4.88. The molecular formula is C24H33NO7S. The number of ether oxygens (including phenoxy) is 2. The molecule has 2 N–H and O–H groups in total. The van der Waals surface area contributed by atoms with Crippen LogP contribution in [0.3, 0.4) is 0 Å². The molecule has 2 bridgehead atoms. The van der Waals surface area contributed by atoms with E-state index in [9.17, 15) is 22.9 Å².